The lowest BCUT2D eigenvalue weighted by molar-refractivity contribution is -0.115. The summed E-state index contributed by atoms with van der Waals surface area (Å²) in [6.45, 7) is 1.83. The molecule has 0 saturated carbocycles. The van der Waals surface area contributed by atoms with Gasteiger partial charge < -0.3 is 5.73 Å². The standard InChI is InChI=1S/C17H15FN2O2S/c1-10-8-12(16(19)22)4-7-14(10)20-15(21)9-23-17(20)11-2-5-13(18)6-3-11/h2-8,17H,9H2,1H3,(H2,19,22). The zero-order valence-corrected chi connectivity index (χ0v) is 13.3. The van der Waals surface area contributed by atoms with Gasteiger partial charge in [0.1, 0.15) is 11.2 Å². The molecule has 1 heterocycles. The second-order valence-electron chi connectivity index (χ2n) is 5.34. The van der Waals surface area contributed by atoms with E-state index in [2.05, 4.69) is 0 Å². The summed E-state index contributed by atoms with van der Waals surface area (Å²) in [5.74, 6) is -0.466. The van der Waals surface area contributed by atoms with Crippen molar-refractivity contribution in [2.24, 2.45) is 5.73 Å². The van der Waals surface area contributed by atoms with Gasteiger partial charge in [-0.25, -0.2) is 4.39 Å². The van der Waals surface area contributed by atoms with Gasteiger partial charge in [-0.1, -0.05) is 12.1 Å². The van der Waals surface area contributed by atoms with Gasteiger partial charge in [-0.05, 0) is 48.4 Å². The Morgan fingerprint density at radius 3 is 2.57 bits per heavy atom. The average Bonchev–Trinajstić information content (AvgIpc) is 2.89. The highest BCUT2D eigenvalue weighted by atomic mass is 32.2. The number of primary amides is 1. The Morgan fingerprint density at radius 2 is 1.96 bits per heavy atom. The van der Waals surface area contributed by atoms with Gasteiger partial charge in [-0.15, -0.1) is 11.8 Å². The topological polar surface area (TPSA) is 63.4 Å². The molecular formula is C17H15FN2O2S. The van der Waals surface area contributed by atoms with E-state index in [0.717, 1.165) is 16.8 Å². The van der Waals surface area contributed by atoms with Crippen molar-refractivity contribution in [1.82, 2.24) is 0 Å². The molecule has 6 heteroatoms. The van der Waals surface area contributed by atoms with Crippen molar-refractivity contribution in [1.29, 1.82) is 0 Å². The quantitative estimate of drug-likeness (QED) is 0.941. The molecule has 2 amide bonds. The third-order valence-corrected chi connectivity index (χ3v) is 4.98. The van der Waals surface area contributed by atoms with Gasteiger partial charge in [0.05, 0.1) is 5.75 Å². The van der Waals surface area contributed by atoms with Gasteiger partial charge in [0.15, 0.2) is 0 Å². The van der Waals surface area contributed by atoms with Gasteiger partial charge in [-0.2, -0.15) is 0 Å². The van der Waals surface area contributed by atoms with Crippen LogP contribution in [0.25, 0.3) is 0 Å². The van der Waals surface area contributed by atoms with Crippen LogP contribution < -0.4 is 10.6 Å². The number of anilines is 1. The highest BCUT2D eigenvalue weighted by Gasteiger charge is 2.34. The normalized spacial score (nSPS) is 17.6. The molecule has 118 valence electrons. The second kappa shape index (κ2) is 6.04. The van der Waals surface area contributed by atoms with Crippen molar-refractivity contribution in [3.63, 3.8) is 0 Å². The predicted octanol–water partition coefficient (Wildman–Crippen LogP) is 3.01. The number of carbonyl (C=O) groups excluding carboxylic acids is 2. The van der Waals surface area contributed by atoms with Crippen molar-refractivity contribution in [3.05, 3.63) is 65.0 Å². The van der Waals surface area contributed by atoms with Crippen LogP contribution in [0, 0.1) is 12.7 Å². The minimum absolute atomic E-state index is 0.0146. The number of benzene rings is 2. The lowest BCUT2D eigenvalue weighted by atomic mass is 10.1. The number of aryl methyl sites for hydroxylation is 1. The van der Waals surface area contributed by atoms with Crippen molar-refractivity contribution in [2.75, 3.05) is 10.7 Å². The molecule has 1 saturated heterocycles. The first-order valence-corrected chi connectivity index (χ1v) is 8.12. The Morgan fingerprint density at radius 1 is 1.26 bits per heavy atom. The lowest BCUT2D eigenvalue weighted by Crippen LogP contribution is -2.28. The number of hydrogen-bond donors (Lipinski definition) is 1. The van der Waals surface area contributed by atoms with E-state index >= 15 is 0 Å². The molecule has 1 unspecified atom stereocenters. The molecule has 23 heavy (non-hydrogen) atoms. The van der Waals surface area contributed by atoms with E-state index in [-0.39, 0.29) is 17.1 Å². The smallest absolute Gasteiger partial charge is 0.248 e. The van der Waals surface area contributed by atoms with Crippen LogP contribution in [0.3, 0.4) is 0 Å². The molecular weight excluding hydrogens is 315 g/mol. The number of rotatable bonds is 3. The number of thioether (sulfide) groups is 1. The number of hydrogen-bond acceptors (Lipinski definition) is 3. The molecule has 0 radical (unpaired) electrons. The number of nitrogens with two attached hydrogens (primary N) is 1. The fourth-order valence-electron chi connectivity index (χ4n) is 2.64. The highest BCUT2D eigenvalue weighted by Crippen LogP contribution is 2.42. The monoisotopic (exact) mass is 330 g/mol. The minimum Gasteiger partial charge on any atom is -0.366 e. The van der Waals surface area contributed by atoms with E-state index < -0.39 is 5.91 Å². The van der Waals surface area contributed by atoms with Gasteiger partial charge >= 0.3 is 0 Å². The highest BCUT2D eigenvalue weighted by molar-refractivity contribution is 8.00. The van der Waals surface area contributed by atoms with E-state index in [1.54, 1.807) is 35.2 Å². The van der Waals surface area contributed by atoms with Crippen LogP contribution in [0.4, 0.5) is 10.1 Å². The Labute approximate surface area is 137 Å². The third kappa shape index (κ3) is 2.94. The number of halogens is 1. The van der Waals surface area contributed by atoms with Gasteiger partial charge in [0.2, 0.25) is 11.8 Å². The van der Waals surface area contributed by atoms with Gasteiger partial charge in [-0.3, -0.25) is 14.5 Å². The Balaban J connectivity index is 2.00. The summed E-state index contributed by atoms with van der Waals surface area (Å²) in [6, 6.07) is 11.2. The molecule has 0 aliphatic carbocycles. The van der Waals surface area contributed by atoms with Gasteiger partial charge in [0.25, 0.3) is 0 Å². The van der Waals surface area contributed by atoms with Crippen molar-refractivity contribution < 1.29 is 14.0 Å². The van der Waals surface area contributed by atoms with E-state index in [9.17, 15) is 14.0 Å². The molecule has 2 N–H and O–H groups in total. The lowest BCUT2D eigenvalue weighted by Gasteiger charge is -2.26. The first-order valence-electron chi connectivity index (χ1n) is 7.07. The molecule has 0 bridgehead atoms. The van der Waals surface area contributed by atoms with Crippen LogP contribution in [0.2, 0.25) is 0 Å². The number of nitrogens with zero attached hydrogens (tertiary/aromatic N) is 1. The van der Waals surface area contributed by atoms with Crippen molar-refractivity contribution in [2.45, 2.75) is 12.3 Å². The molecule has 4 nitrogen and oxygen atoms in total. The first kappa shape index (κ1) is 15.6. The summed E-state index contributed by atoms with van der Waals surface area (Å²) in [5, 5.41) is -0.207. The van der Waals surface area contributed by atoms with E-state index in [0.29, 0.717) is 11.3 Å². The molecule has 1 atom stereocenters. The largest absolute Gasteiger partial charge is 0.366 e. The summed E-state index contributed by atoms with van der Waals surface area (Å²) in [6.07, 6.45) is 0. The van der Waals surface area contributed by atoms with E-state index in [1.807, 2.05) is 6.92 Å². The van der Waals surface area contributed by atoms with E-state index in [1.165, 1.54) is 23.9 Å². The molecule has 2 aromatic rings. The Hall–Kier alpha value is -2.34. The third-order valence-electron chi connectivity index (χ3n) is 3.76. The number of amides is 2. The van der Waals surface area contributed by atoms with Crippen LogP contribution in [-0.2, 0) is 4.79 Å². The maximum Gasteiger partial charge on any atom is 0.248 e. The molecule has 1 fully saturated rings. The van der Waals surface area contributed by atoms with E-state index in [4.69, 9.17) is 5.73 Å². The van der Waals surface area contributed by atoms with Crippen molar-refractivity contribution >= 4 is 29.3 Å². The maximum atomic E-state index is 13.1. The average molecular weight is 330 g/mol. The van der Waals surface area contributed by atoms with Gasteiger partial charge in [0, 0.05) is 11.3 Å². The van der Waals surface area contributed by atoms with Crippen LogP contribution in [-0.4, -0.2) is 17.6 Å². The van der Waals surface area contributed by atoms with Crippen molar-refractivity contribution in [3.8, 4) is 0 Å². The molecule has 1 aliphatic heterocycles. The number of carbonyl (C=O) groups is 2. The zero-order chi connectivity index (χ0) is 16.6. The first-order chi connectivity index (χ1) is 11.0. The summed E-state index contributed by atoms with van der Waals surface area (Å²) in [4.78, 5) is 25.3. The zero-order valence-electron chi connectivity index (χ0n) is 12.5. The summed E-state index contributed by atoms with van der Waals surface area (Å²) in [7, 11) is 0. The molecule has 0 aromatic heterocycles. The second-order valence-corrected chi connectivity index (χ2v) is 6.41. The van der Waals surface area contributed by atoms with Crippen LogP contribution in [0.15, 0.2) is 42.5 Å². The molecule has 1 aliphatic rings. The Kier molecular flexibility index (Phi) is 4.09. The molecule has 0 spiro atoms. The minimum atomic E-state index is -0.503. The Bertz CT molecular complexity index is 777. The summed E-state index contributed by atoms with van der Waals surface area (Å²) < 4.78 is 13.1. The van der Waals surface area contributed by atoms with Crippen LogP contribution in [0.5, 0.6) is 0 Å². The predicted molar refractivity (Wildman–Crippen MR) is 88.8 cm³/mol. The fraction of sp³-hybridized carbons (Fsp3) is 0.176. The molecule has 2 aromatic carbocycles. The van der Waals surface area contributed by atoms with Crippen LogP contribution in [0.1, 0.15) is 26.9 Å². The maximum absolute atomic E-state index is 13.1. The fourth-order valence-corrected chi connectivity index (χ4v) is 3.81. The molecule has 3 rings (SSSR count). The summed E-state index contributed by atoms with van der Waals surface area (Å²) >= 11 is 1.49. The SMILES string of the molecule is Cc1cc(C(N)=O)ccc1N1C(=O)CSC1c1ccc(F)cc1. The van der Waals surface area contributed by atoms with Crippen LogP contribution >= 0.6 is 11.8 Å². The summed E-state index contributed by atoms with van der Waals surface area (Å²) in [5.41, 5.74) is 8.09.